The smallest absolute Gasteiger partial charge is 0.273 e. The van der Waals surface area contributed by atoms with E-state index in [4.69, 9.17) is 14.7 Å². The molecule has 13 heteroatoms. The zero-order valence-corrected chi connectivity index (χ0v) is 15.7. The van der Waals surface area contributed by atoms with Crippen molar-refractivity contribution in [2.75, 3.05) is 13.7 Å². The van der Waals surface area contributed by atoms with Gasteiger partial charge in [-0.05, 0) is 18.2 Å². The molecule has 0 radical (unpaired) electrons. The first kappa shape index (κ1) is 21.4. The summed E-state index contributed by atoms with van der Waals surface area (Å²) >= 11 is 0. The number of rotatable bonds is 6. The first-order valence-corrected chi connectivity index (χ1v) is 8.83. The summed E-state index contributed by atoms with van der Waals surface area (Å²) in [5.74, 6) is -0.537. The van der Waals surface area contributed by atoms with Crippen molar-refractivity contribution in [3.63, 3.8) is 0 Å². The van der Waals surface area contributed by atoms with E-state index in [-0.39, 0.29) is 22.8 Å². The fraction of sp³-hybridized carbons (Fsp3) is 0.412. The van der Waals surface area contributed by atoms with Gasteiger partial charge >= 0.3 is 0 Å². The number of amides is 1. The minimum Gasteiger partial charge on any atom is -0.507 e. The molecule has 1 amide bonds. The Bertz CT molecular complexity index is 919. The van der Waals surface area contributed by atoms with Crippen LogP contribution in [0.4, 0.5) is 0 Å². The number of aromatic hydroxyl groups is 1. The second kappa shape index (κ2) is 9.04. The molecule has 30 heavy (non-hydrogen) atoms. The summed E-state index contributed by atoms with van der Waals surface area (Å²) in [6.07, 6.45) is -3.13. The van der Waals surface area contributed by atoms with Crippen LogP contribution in [0.5, 0.6) is 11.5 Å². The van der Waals surface area contributed by atoms with Crippen molar-refractivity contribution < 1.29 is 39.9 Å². The molecule has 1 aromatic carbocycles. The van der Waals surface area contributed by atoms with Crippen LogP contribution < -0.4 is 10.1 Å². The van der Waals surface area contributed by atoms with Crippen LogP contribution in [0.25, 0.3) is 0 Å². The predicted molar refractivity (Wildman–Crippen MR) is 98.3 cm³/mol. The first-order valence-electron chi connectivity index (χ1n) is 8.83. The molecule has 0 aliphatic carbocycles. The lowest BCUT2D eigenvalue weighted by atomic mass is 9.96. The zero-order chi connectivity index (χ0) is 21.8. The monoisotopic (exact) mass is 423 g/mol. The van der Waals surface area contributed by atoms with Crippen LogP contribution >= 0.6 is 0 Å². The summed E-state index contributed by atoms with van der Waals surface area (Å²) < 4.78 is 12.2. The van der Waals surface area contributed by atoms with E-state index in [0.29, 0.717) is 0 Å². The van der Waals surface area contributed by atoms with Gasteiger partial charge in [0, 0.05) is 12.6 Å². The number of hydrogen-bond donors (Lipinski definition) is 6. The van der Waals surface area contributed by atoms with E-state index < -0.39 is 43.2 Å². The van der Waals surface area contributed by atoms with Crippen LogP contribution in [-0.4, -0.2) is 91.0 Å². The van der Waals surface area contributed by atoms with Gasteiger partial charge in [0.2, 0.25) is 6.29 Å². The Morgan fingerprint density at radius 1 is 1.40 bits per heavy atom. The van der Waals surface area contributed by atoms with Crippen LogP contribution in [0.15, 0.2) is 29.6 Å². The molecule has 1 aliphatic rings. The van der Waals surface area contributed by atoms with E-state index in [0.717, 1.165) is 10.9 Å². The first-order chi connectivity index (χ1) is 14.4. The Balaban J connectivity index is 1.88. The number of hydrogen-bond acceptors (Lipinski definition) is 11. The van der Waals surface area contributed by atoms with E-state index >= 15 is 0 Å². The average Bonchev–Trinajstić information content (AvgIpc) is 3.22. The lowest BCUT2D eigenvalue weighted by Gasteiger charge is -2.41. The average molecular weight is 423 g/mol. The van der Waals surface area contributed by atoms with Crippen LogP contribution in [0.2, 0.25) is 0 Å². The summed E-state index contributed by atoms with van der Waals surface area (Å²) in [5.41, 5.74) is 0.106. The van der Waals surface area contributed by atoms with Crippen molar-refractivity contribution in [2.45, 2.75) is 30.6 Å². The SMILES string of the molecule is CNC(=O)c1cn([C@H]2[C@@H](O)[C@@H](CO)O[C@@H](Oc3ccc(O)c(C=NO)c3)[C@@H]2O)nn1. The van der Waals surface area contributed by atoms with Crippen LogP contribution in [0, 0.1) is 0 Å². The molecular formula is C17H21N5O8. The minimum atomic E-state index is -1.48. The summed E-state index contributed by atoms with van der Waals surface area (Å²) in [5, 5.41) is 62.0. The van der Waals surface area contributed by atoms with Gasteiger partial charge in [-0.1, -0.05) is 10.4 Å². The number of phenolic OH excluding ortho intramolecular Hbond substituents is 1. The molecule has 0 unspecified atom stereocenters. The number of carbonyl (C=O) groups is 1. The molecule has 0 saturated carbocycles. The maximum atomic E-state index is 11.7. The highest BCUT2D eigenvalue weighted by atomic mass is 16.7. The Morgan fingerprint density at radius 2 is 2.17 bits per heavy atom. The number of phenols is 1. The zero-order valence-electron chi connectivity index (χ0n) is 15.7. The van der Waals surface area contributed by atoms with E-state index in [1.807, 2.05) is 0 Å². The molecule has 162 valence electrons. The third-order valence-electron chi connectivity index (χ3n) is 4.57. The molecule has 2 aromatic rings. The van der Waals surface area contributed by atoms with Gasteiger partial charge in [0.25, 0.3) is 5.91 Å². The number of oxime groups is 1. The van der Waals surface area contributed by atoms with Crippen molar-refractivity contribution in [1.29, 1.82) is 0 Å². The van der Waals surface area contributed by atoms with E-state index in [1.165, 1.54) is 31.4 Å². The quantitative estimate of drug-likeness (QED) is 0.176. The van der Waals surface area contributed by atoms with E-state index in [1.54, 1.807) is 0 Å². The minimum absolute atomic E-state index is 0.0344. The predicted octanol–water partition coefficient (Wildman–Crippen LogP) is -1.79. The molecular weight excluding hydrogens is 402 g/mol. The number of aliphatic hydroxyl groups excluding tert-OH is 3. The molecule has 6 N–H and O–H groups in total. The van der Waals surface area contributed by atoms with E-state index in [2.05, 4.69) is 20.8 Å². The number of nitrogens with zero attached hydrogens (tertiary/aromatic N) is 4. The summed E-state index contributed by atoms with van der Waals surface area (Å²) in [6.45, 7) is -0.584. The van der Waals surface area contributed by atoms with Gasteiger partial charge in [0.05, 0.1) is 19.0 Å². The Kier molecular flexibility index (Phi) is 6.47. The summed E-state index contributed by atoms with van der Waals surface area (Å²) in [4.78, 5) is 11.7. The lowest BCUT2D eigenvalue weighted by Crippen LogP contribution is -2.57. The third kappa shape index (κ3) is 4.18. The highest BCUT2D eigenvalue weighted by Gasteiger charge is 2.47. The Hall–Kier alpha value is -3.26. The van der Waals surface area contributed by atoms with Gasteiger partial charge in [-0.25, -0.2) is 4.68 Å². The second-order valence-corrected chi connectivity index (χ2v) is 6.44. The Morgan fingerprint density at radius 3 is 2.83 bits per heavy atom. The van der Waals surface area contributed by atoms with Gasteiger partial charge in [0.15, 0.2) is 5.69 Å². The molecule has 1 aromatic heterocycles. The molecule has 1 saturated heterocycles. The van der Waals surface area contributed by atoms with Gasteiger partial charge in [-0.15, -0.1) is 5.10 Å². The molecule has 1 fully saturated rings. The normalized spacial score (nSPS) is 26.6. The largest absolute Gasteiger partial charge is 0.507 e. The fourth-order valence-electron chi connectivity index (χ4n) is 3.04. The number of aliphatic hydroxyl groups is 3. The van der Waals surface area contributed by atoms with Crippen LogP contribution in [-0.2, 0) is 4.74 Å². The third-order valence-corrected chi connectivity index (χ3v) is 4.57. The highest BCUT2D eigenvalue weighted by molar-refractivity contribution is 5.91. The van der Waals surface area contributed by atoms with Gasteiger partial charge in [0.1, 0.15) is 35.9 Å². The van der Waals surface area contributed by atoms with E-state index in [9.17, 15) is 25.2 Å². The number of nitrogens with one attached hydrogen (secondary N) is 1. The molecule has 0 bridgehead atoms. The van der Waals surface area contributed by atoms with Crippen molar-refractivity contribution in [2.24, 2.45) is 5.16 Å². The molecule has 3 rings (SSSR count). The van der Waals surface area contributed by atoms with Crippen molar-refractivity contribution >= 4 is 12.1 Å². The summed E-state index contributed by atoms with van der Waals surface area (Å²) in [6, 6.07) is 2.85. The number of ether oxygens (including phenoxy) is 2. The molecule has 13 nitrogen and oxygen atoms in total. The Labute approximate surface area is 169 Å². The van der Waals surface area contributed by atoms with Crippen LogP contribution in [0.1, 0.15) is 22.1 Å². The number of benzene rings is 1. The maximum Gasteiger partial charge on any atom is 0.273 e. The van der Waals surface area contributed by atoms with Gasteiger partial charge in [-0.3, -0.25) is 4.79 Å². The fourth-order valence-corrected chi connectivity index (χ4v) is 3.04. The summed E-state index contributed by atoms with van der Waals surface area (Å²) in [7, 11) is 1.42. The second-order valence-electron chi connectivity index (χ2n) is 6.44. The highest BCUT2D eigenvalue weighted by Crippen LogP contribution is 2.32. The van der Waals surface area contributed by atoms with Gasteiger partial charge in [-0.2, -0.15) is 0 Å². The number of carbonyl (C=O) groups excluding carboxylic acids is 1. The standard InChI is InChI=1S/C17H21N5O8/c1-18-16(27)10-6-22(21-20-10)13-14(25)12(7-23)30-17(15(13)26)29-9-2-3-11(24)8(4-9)5-19-28/h2-6,12-15,17,23-26,28H,7H2,1H3,(H,18,27)/t12-,13+,14+,15-,17-/m1/s1. The lowest BCUT2D eigenvalue weighted by molar-refractivity contribution is -0.260. The molecule has 1 aliphatic heterocycles. The van der Waals surface area contributed by atoms with Crippen LogP contribution in [0.3, 0.4) is 0 Å². The molecule has 0 spiro atoms. The van der Waals surface area contributed by atoms with Gasteiger partial charge < -0.3 is 40.4 Å². The van der Waals surface area contributed by atoms with Crippen molar-refractivity contribution in [3.8, 4) is 11.5 Å². The topological polar surface area (TPSA) is 192 Å². The molecule has 5 atom stereocenters. The molecule has 2 heterocycles. The number of aromatic nitrogens is 3. The van der Waals surface area contributed by atoms with Crippen molar-refractivity contribution in [1.82, 2.24) is 20.3 Å². The maximum absolute atomic E-state index is 11.7. The van der Waals surface area contributed by atoms with Crippen molar-refractivity contribution in [3.05, 3.63) is 35.7 Å².